The van der Waals surface area contributed by atoms with Crippen molar-refractivity contribution >= 4 is 12.0 Å². The summed E-state index contributed by atoms with van der Waals surface area (Å²) in [5.74, 6) is 5.24. The number of carbonyl (C=O) groups is 2. The number of amides is 2. The molecule has 1 aliphatic rings. The molecule has 22 heavy (non-hydrogen) atoms. The van der Waals surface area contributed by atoms with Crippen LogP contribution in [0, 0.1) is 5.92 Å². The van der Waals surface area contributed by atoms with Gasteiger partial charge in [-0.1, -0.05) is 51.4 Å². The molecule has 1 saturated carbocycles. The van der Waals surface area contributed by atoms with Gasteiger partial charge in [-0.3, -0.25) is 4.79 Å². The Balaban J connectivity index is 2.59. The van der Waals surface area contributed by atoms with E-state index in [1.807, 2.05) is 0 Å². The maximum absolute atomic E-state index is 12.5. The number of hydrogen-bond donors (Lipinski definition) is 1. The molecule has 5 heteroatoms. The SMILES string of the molecule is CC(C)(C)OC(=O)N(N)C(=O)C1CCCCCCCCCC1. The molecule has 0 aromatic heterocycles. The molecular formula is C17H32N2O3. The Morgan fingerprint density at radius 2 is 1.32 bits per heavy atom. The first-order valence-corrected chi connectivity index (χ1v) is 8.63. The highest BCUT2D eigenvalue weighted by Gasteiger charge is 2.29. The zero-order chi connectivity index (χ0) is 16.6. The largest absolute Gasteiger partial charge is 0.442 e. The van der Waals surface area contributed by atoms with Gasteiger partial charge in [0.05, 0.1) is 0 Å². The zero-order valence-corrected chi connectivity index (χ0v) is 14.4. The van der Waals surface area contributed by atoms with Gasteiger partial charge in [-0.15, -0.1) is 0 Å². The van der Waals surface area contributed by atoms with Crippen LogP contribution in [0.1, 0.15) is 85.0 Å². The topological polar surface area (TPSA) is 72.6 Å². The highest BCUT2D eigenvalue weighted by molar-refractivity contribution is 5.92. The van der Waals surface area contributed by atoms with Crippen LogP contribution in [0.25, 0.3) is 0 Å². The number of rotatable bonds is 1. The molecule has 2 amide bonds. The van der Waals surface area contributed by atoms with Gasteiger partial charge in [0.25, 0.3) is 0 Å². The number of imide groups is 1. The van der Waals surface area contributed by atoms with Gasteiger partial charge in [-0.05, 0) is 33.6 Å². The van der Waals surface area contributed by atoms with E-state index in [4.69, 9.17) is 10.6 Å². The number of hydrazine groups is 1. The zero-order valence-electron chi connectivity index (χ0n) is 14.4. The third kappa shape index (κ3) is 7.25. The number of nitrogens with two attached hydrogens (primary N) is 1. The van der Waals surface area contributed by atoms with E-state index in [0.29, 0.717) is 5.01 Å². The van der Waals surface area contributed by atoms with Gasteiger partial charge in [0.1, 0.15) is 5.60 Å². The number of nitrogens with zero attached hydrogens (tertiary/aromatic N) is 1. The van der Waals surface area contributed by atoms with Crippen molar-refractivity contribution in [3.05, 3.63) is 0 Å². The fraction of sp³-hybridized carbons (Fsp3) is 0.882. The average Bonchev–Trinajstić information content (AvgIpc) is 2.49. The molecule has 1 aliphatic carbocycles. The van der Waals surface area contributed by atoms with Crippen molar-refractivity contribution in [1.29, 1.82) is 0 Å². The highest BCUT2D eigenvalue weighted by atomic mass is 16.6. The molecule has 1 rings (SSSR count). The Labute approximate surface area is 134 Å². The van der Waals surface area contributed by atoms with Crippen molar-refractivity contribution in [1.82, 2.24) is 5.01 Å². The summed E-state index contributed by atoms with van der Waals surface area (Å²) in [6.45, 7) is 5.28. The minimum atomic E-state index is -0.758. The Morgan fingerprint density at radius 1 is 0.909 bits per heavy atom. The molecule has 0 unspecified atom stereocenters. The minimum Gasteiger partial charge on any atom is -0.442 e. The molecule has 0 aromatic carbocycles. The van der Waals surface area contributed by atoms with Gasteiger partial charge in [0.15, 0.2) is 0 Å². The summed E-state index contributed by atoms with van der Waals surface area (Å²) < 4.78 is 5.17. The summed E-state index contributed by atoms with van der Waals surface area (Å²) >= 11 is 0. The van der Waals surface area contributed by atoms with Crippen LogP contribution in [0.3, 0.4) is 0 Å². The van der Waals surface area contributed by atoms with Crippen molar-refractivity contribution < 1.29 is 14.3 Å². The second-order valence-electron chi connectivity index (χ2n) is 7.29. The quantitative estimate of drug-likeness (QED) is 0.448. The van der Waals surface area contributed by atoms with Crippen LogP contribution in [0.2, 0.25) is 0 Å². The molecule has 5 nitrogen and oxygen atoms in total. The molecule has 0 aliphatic heterocycles. The molecule has 0 bridgehead atoms. The van der Waals surface area contributed by atoms with E-state index in [1.54, 1.807) is 20.8 Å². The summed E-state index contributed by atoms with van der Waals surface area (Å²) in [6.07, 6.45) is 10.3. The van der Waals surface area contributed by atoms with Gasteiger partial charge >= 0.3 is 6.09 Å². The first kappa shape index (κ1) is 18.9. The monoisotopic (exact) mass is 312 g/mol. The van der Waals surface area contributed by atoms with Crippen LogP contribution < -0.4 is 5.84 Å². The standard InChI is InChI=1S/C17H32N2O3/c1-17(2,3)22-16(21)19(18)15(20)14-12-10-8-6-4-5-7-9-11-13-14/h14H,4-13,18H2,1-3H3. The lowest BCUT2D eigenvalue weighted by Crippen LogP contribution is -2.48. The fourth-order valence-corrected chi connectivity index (χ4v) is 2.83. The van der Waals surface area contributed by atoms with Crippen LogP contribution in [0.15, 0.2) is 0 Å². The maximum Gasteiger partial charge on any atom is 0.431 e. The Bertz CT molecular complexity index is 351. The Hall–Kier alpha value is -1.10. The van der Waals surface area contributed by atoms with Gasteiger partial charge in [0, 0.05) is 5.92 Å². The van der Waals surface area contributed by atoms with E-state index in [-0.39, 0.29) is 11.8 Å². The van der Waals surface area contributed by atoms with E-state index in [1.165, 1.54) is 25.7 Å². The number of ether oxygens (including phenoxy) is 1. The van der Waals surface area contributed by atoms with Crippen molar-refractivity contribution in [2.24, 2.45) is 11.8 Å². The van der Waals surface area contributed by atoms with Crippen LogP contribution in [-0.2, 0) is 9.53 Å². The van der Waals surface area contributed by atoms with Crippen molar-refractivity contribution in [3.8, 4) is 0 Å². The average molecular weight is 312 g/mol. The predicted molar refractivity (Wildman–Crippen MR) is 86.9 cm³/mol. The lowest BCUT2D eigenvalue weighted by molar-refractivity contribution is -0.135. The Morgan fingerprint density at radius 3 is 1.73 bits per heavy atom. The molecule has 0 aromatic rings. The highest BCUT2D eigenvalue weighted by Crippen LogP contribution is 2.23. The van der Waals surface area contributed by atoms with Crippen molar-refractivity contribution in [2.45, 2.75) is 90.6 Å². The van der Waals surface area contributed by atoms with E-state index in [9.17, 15) is 9.59 Å². The minimum absolute atomic E-state index is 0.157. The first-order valence-electron chi connectivity index (χ1n) is 8.63. The van der Waals surface area contributed by atoms with Crippen molar-refractivity contribution in [3.63, 3.8) is 0 Å². The molecule has 0 saturated heterocycles. The van der Waals surface area contributed by atoms with Gasteiger partial charge in [-0.2, -0.15) is 5.01 Å². The van der Waals surface area contributed by atoms with E-state index < -0.39 is 11.7 Å². The van der Waals surface area contributed by atoms with E-state index in [2.05, 4.69) is 0 Å². The second kappa shape index (κ2) is 9.13. The Kier molecular flexibility index (Phi) is 7.87. The number of hydrogen-bond acceptors (Lipinski definition) is 4. The van der Waals surface area contributed by atoms with Gasteiger partial charge in [0.2, 0.25) is 5.91 Å². The summed E-state index contributed by atoms with van der Waals surface area (Å²) in [6, 6.07) is 0. The molecule has 1 fully saturated rings. The lowest BCUT2D eigenvalue weighted by atomic mass is 9.94. The molecule has 0 spiro atoms. The molecule has 0 atom stereocenters. The molecule has 128 valence electrons. The number of carbonyl (C=O) groups excluding carboxylic acids is 2. The maximum atomic E-state index is 12.5. The molecule has 0 radical (unpaired) electrons. The third-order valence-electron chi connectivity index (χ3n) is 4.03. The summed E-state index contributed by atoms with van der Waals surface area (Å²) in [4.78, 5) is 24.4. The lowest BCUT2D eigenvalue weighted by Gasteiger charge is -2.25. The summed E-state index contributed by atoms with van der Waals surface area (Å²) in [7, 11) is 0. The second-order valence-corrected chi connectivity index (χ2v) is 7.29. The summed E-state index contributed by atoms with van der Waals surface area (Å²) in [5.41, 5.74) is -0.650. The van der Waals surface area contributed by atoms with Crippen LogP contribution in [-0.4, -0.2) is 22.6 Å². The first-order chi connectivity index (χ1) is 10.3. The predicted octanol–water partition coefficient (Wildman–Crippen LogP) is 4.15. The normalized spacial score (nSPS) is 19.1. The van der Waals surface area contributed by atoms with Crippen LogP contribution in [0.5, 0.6) is 0 Å². The van der Waals surface area contributed by atoms with Crippen LogP contribution >= 0.6 is 0 Å². The summed E-state index contributed by atoms with van der Waals surface area (Å²) in [5, 5.41) is 0.676. The molecule has 2 N–H and O–H groups in total. The smallest absolute Gasteiger partial charge is 0.431 e. The third-order valence-corrected chi connectivity index (χ3v) is 4.03. The molecule has 0 heterocycles. The van der Waals surface area contributed by atoms with Crippen molar-refractivity contribution in [2.75, 3.05) is 0 Å². The van der Waals surface area contributed by atoms with Crippen LogP contribution in [0.4, 0.5) is 4.79 Å². The fourth-order valence-electron chi connectivity index (χ4n) is 2.83. The van der Waals surface area contributed by atoms with E-state index in [0.717, 1.165) is 38.5 Å². The molecular weight excluding hydrogens is 280 g/mol. The van der Waals surface area contributed by atoms with Gasteiger partial charge in [-0.25, -0.2) is 10.6 Å². The van der Waals surface area contributed by atoms with Gasteiger partial charge < -0.3 is 4.74 Å². The van der Waals surface area contributed by atoms with E-state index >= 15 is 0 Å².